The Hall–Kier alpha value is -3.14. The number of rotatable bonds is 4. The Labute approximate surface area is 138 Å². The van der Waals surface area contributed by atoms with E-state index in [9.17, 15) is 8.78 Å². The largest absolute Gasteiger partial charge is 0.206 e. The lowest BCUT2D eigenvalue weighted by Crippen LogP contribution is -1.89. The lowest BCUT2D eigenvalue weighted by atomic mass is 10.1. The number of aromatic nitrogens is 2. The molecule has 1 heterocycles. The molecule has 0 unspecified atom stereocenters. The van der Waals surface area contributed by atoms with Crippen molar-refractivity contribution >= 4 is 24.3 Å². The van der Waals surface area contributed by atoms with Crippen LogP contribution in [0.25, 0.3) is 24.3 Å². The predicted octanol–water partition coefficient (Wildman–Crippen LogP) is 5.10. The van der Waals surface area contributed by atoms with Gasteiger partial charge in [-0.1, -0.05) is 36.4 Å². The van der Waals surface area contributed by atoms with Crippen molar-refractivity contribution in [3.8, 4) is 0 Å². The van der Waals surface area contributed by atoms with Gasteiger partial charge in [0.15, 0.2) is 0 Å². The lowest BCUT2D eigenvalue weighted by Gasteiger charge is -1.97. The van der Waals surface area contributed by atoms with Gasteiger partial charge in [0.1, 0.15) is 11.6 Å². The summed E-state index contributed by atoms with van der Waals surface area (Å²) in [5.74, 6) is -0.572. The van der Waals surface area contributed by atoms with E-state index in [0.717, 1.165) is 0 Å². The summed E-state index contributed by atoms with van der Waals surface area (Å²) in [6.45, 7) is 0. The lowest BCUT2D eigenvalue weighted by molar-refractivity contribution is 0.625. The van der Waals surface area contributed by atoms with Gasteiger partial charge in [0, 0.05) is 11.1 Å². The number of hydrogen-bond acceptors (Lipinski definition) is 2. The summed E-state index contributed by atoms with van der Waals surface area (Å²) in [7, 11) is 0. The second-order valence-electron chi connectivity index (χ2n) is 5.09. The monoisotopic (exact) mass is 320 g/mol. The van der Waals surface area contributed by atoms with E-state index in [1.54, 1.807) is 72.8 Å². The van der Waals surface area contributed by atoms with Gasteiger partial charge in [0.25, 0.3) is 0 Å². The molecule has 0 atom stereocenters. The molecular formula is C20H14F2N2. The zero-order valence-electron chi connectivity index (χ0n) is 12.7. The Morgan fingerprint density at radius 1 is 0.542 bits per heavy atom. The van der Waals surface area contributed by atoms with Crippen molar-refractivity contribution in [2.24, 2.45) is 0 Å². The molecule has 0 fully saturated rings. The highest BCUT2D eigenvalue weighted by molar-refractivity contribution is 5.70. The van der Waals surface area contributed by atoms with Gasteiger partial charge in [0.2, 0.25) is 0 Å². The van der Waals surface area contributed by atoms with Gasteiger partial charge < -0.3 is 0 Å². The van der Waals surface area contributed by atoms with E-state index in [4.69, 9.17) is 0 Å². The maximum absolute atomic E-state index is 13.5. The first-order valence-corrected chi connectivity index (χ1v) is 7.41. The van der Waals surface area contributed by atoms with E-state index in [2.05, 4.69) is 10.2 Å². The summed E-state index contributed by atoms with van der Waals surface area (Å²) in [5.41, 5.74) is 2.20. The highest BCUT2D eigenvalue weighted by Crippen LogP contribution is 2.12. The van der Waals surface area contributed by atoms with Gasteiger partial charge in [-0.3, -0.25) is 0 Å². The molecule has 118 valence electrons. The number of halogens is 2. The minimum absolute atomic E-state index is 0.286. The van der Waals surface area contributed by atoms with Crippen molar-refractivity contribution in [2.45, 2.75) is 0 Å². The molecule has 2 nitrogen and oxygen atoms in total. The highest BCUT2D eigenvalue weighted by atomic mass is 19.1. The third-order valence-corrected chi connectivity index (χ3v) is 3.38. The summed E-state index contributed by atoms with van der Waals surface area (Å²) < 4.78 is 27.0. The predicted molar refractivity (Wildman–Crippen MR) is 92.7 cm³/mol. The van der Waals surface area contributed by atoms with Crippen LogP contribution >= 0.6 is 0 Å². The van der Waals surface area contributed by atoms with Crippen molar-refractivity contribution in [1.29, 1.82) is 0 Å². The average molecular weight is 320 g/mol. The normalized spacial score (nSPS) is 11.4. The molecule has 0 spiro atoms. The summed E-state index contributed by atoms with van der Waals surface area (Å²) >= 11 is 0. The molecule has 0 amide bonds. The molecule has 0 radical (unpaired) electrons. The fourth-order valence-electron chi connectivity index (χ4n) is 2.10. The van der Waals surface area contributed by atoms with Crippen molar-refractivity contribution in [1.82, 2.24) is 10.2 Å². The zero-order valence-corrected chi connectivity index (χ0v) is 12.7. The molecule has 0 bridgehead atoms. The van der Waals surface area contributed by atoms with Gasteiger partial charge in [-0.15, -0.1) is 0 Å². The van der Waals surface area contributed by atoms with Crippen LogP contribution in [-0.4, -0.2) is 10.2 Å². The minimum atomic E-state index is -0.286. The van der Waals surface area contributed by atoms with Gasteiger partial charge in [-0.25, -0.2) is 8.78 Å². The maximum Gasteiger partial charge on any atom is 0.130 e. The van der Waals surface area contributed by atoms with Crippen LogP contribution in [0.4, 0.5) is 8.78 Å². The average Bonchev–Trinajstić information content (AvgIpc) is 2.61. The maximum atomic E-state index is 13.5. The zero-order chi connectivity index (χ0) is 16.8. The first-order valence-electron chi connectivity index (χ1n) is 7.41. The summed E-state index contributed by atoms with van der Waals surface area (Å²) in [4.78, 5) is 0. The van der Waals surface area contributed by atoms with E-state index in [-0.39, 0.29) is 11.6 Å². The molecule has 0 saturated carbocycles. The molecule has 3 rings (SSSR count). The van der Waals surface area contributed by atoms with Gasteiger partial charge >= 0.3 is 0 Å². The molecule has 0 N–H and O–H groups in total. The van der Waals surface area contributed by atoms with Crippen LogP contribution in [0.2, 0.25) is 0 Å². The SMILES string of the molecule is Fc1ccccc1/C=C/c1ccc(/C=C/c2ccccc2F)nn1. The van der Waals surface area contributed by atoms with Crippen molar-refractivity contribution in [2.75, 3.05) is 0 Å². The molecule has 2 aromatic carbocycles. The van der Waals surface area contributed by atoms with Crippen LogP contribution < -0.4 is 0 Å². The Bertz CT molecular complexity index is 810. The van der Waals surface area contributed by atoms with E-state index in [0.29, 0.717) is 22.5 Å². The molecule has 24 heavy (non-hydrogen) atoms. The quantitative estimate of drug-likeness (QED) is 0.668. The van der Waals surface area contributed by atoms with Crippen LogP contribution in [0.1, 0.15) is 22.5 Å². The van der Waals surface area contributed by atoms with E-state index < -0.39 is 0 Å². The summed E-state index contributed by atoms with van der Waals surface area (Å²) in [5, 5.41) is 8.11. The van der Waals surface area contributed by atoms with Crippen LogP contribution in [0, 0.1) is 11.6 Å². The first kappa shape index (κ1) is 15.7. The van der Waals surface area contributed by atoms with Crippen LogP contribution in [0.15, 0.2) is 60.7 Å². The molecule has 1 aromatic heterocycles. The van der Waals surface area contributed by atoms with Gasteiger partial charge in [0.05, 0.1) is 11.4 Å². The molecular weight excluding hydrogens is 306 g/mol. The smallest absolute Gasteiger partial charge is 0.130 e. The number of benzene rings is 2. The van der Waals surface area contributed by atoms with Crippen LogP contribution in [-0.2, 0) is 0 Å². The molecule has 4 heteroatoms. The molecule has 0 aliphatic rings. The Morgan fingerprint density at radius 3 is 1.33 bits per heavy atom. The van der Waals surface area contributed by atoms with Crippen molar-refractivity contribution in [3.05, 3.63) is 94.8 Å². The van der Waals surface area contributed by atoms with Crippen LogP contribution in [0.5, 0.6) is 0 Å². The number of nitrogens with zero attached hydrogens (tertiary/aromatic N) is 2. The fraction of sp³-hybridized carbons (Fsp3) is 0. The third kappa shape index (κ3) is 3.98. The summed E-state index contributed by atoms with van der Waals surface area (Å²) in [6.07, 6.45) is 6.67. The topological polar surface area (TPSA) is 25.8 Å². The Kier molecular flexibility index (Phi) is 4.87. The van der Waals surface area contributed by atoms with E-state index in [1.807, 2.05) is 0 Å². The molecule has 0 saturated heterocycles. The standard InChI is InChI=1S/C20H14F2N2/c21-19-7-3-1-5-15(19)9-11-17-13-14-18(24-23-17)12-10-16-6-2-4-8-20(16)22/h1-14H/b11-9+,12-10+. The van der Waals surface area contributed by atoms with Gasteiger partial charge in [-0.2, -0.15) is 10.2 Å². The second-order valence-corrected chi connectivity index (χ2v) is 5.09. The third-order valence-electron chi connectivity index (χ3n) is 3.38. The Morgan fingerprint density at radius 2 is 0.958 bits per heavy atom. The van der Waals surface area contributed by atoms with Gasteiger partial charge in [-0.05, 0) is 48.6 Å². The second kappa shape index (κ2) is 7.42. The summed E-state index contributed by atoms with van der Waals surface area (Å²) in [6, 6.07) is 16.5. The van der Waals surface area contributed by atoms with Crippen LogP contribution in [0.3, 0.4) is 0 Å². The minimum Gasteiger partial charge on any atom is -0.206 e. The first-order chi connectivity index (χ1) is 11.7. The highest BCUT2D eigenvalue weighted by Gasteiger charge is 1.98. The molecule has 3 aromatic rings. The Balaban J connectivity index is 1.72. The number of hydrogen-bond donors (Lipinski definition) is 0. The van der Waals surface area contributed by atoms with Crippen molar-refractivity contribution < 1.29 is 8.78 Å². The fourth-order valence-corrected chi connectivity index (χ4v) is 2.10. The molecule has 0 aliphatic heterocycles. The van der Waals surface area contributed by atoms with E-state index >= 15 is 0 Å². The van der Waals surface area contributed by atoms with E-state index in [1.165, 1.54) is 12.1 Å². The van der Waals surface area contributed by atoms with Crippen molar-refractivity contribution in [3.63, 3.8) is 0 Å². The molecule has 0 aliphatic carbocycles.